The molecule has 2 aromatic rings. The second-order valence-corrected chi connectivity index (χ2v) is 6.51. The van der Waals surface area contributed by atoms with Gasteiger partial charge in [0.1, 0.15) is 5.82 Å². The number of amides is 1. The molecule has 0 unspecified atom stereocenters. The molecule has 24 heavy (non-hydrogen) atoms. The van der Waals surface area contributed by atoms with Gasteiger partial charge in [0.15, 0.2) is 5.69 Å². The maximum Gasteiger partial charge on any atom is 0.274 e. The van der Waals surface area contributed by atoms with E-state index >= 15 is 0 Å². The number of nitrogens with one attached hydrogen (secondary N) is 1. The number of rotatable bonds is 3. The summed E-state index contributed by atoms with van der Waals surface area (Å²) in [5.74, 6) is -0.519. The average Bonchev–Trinajstić information content (AvgIpc) is 2.94. The molecular formula is C18H22FN3O2. The highest BCUT2D eigenvalue weighted by Gasteiger charge is 2.30. The van der Waals surface area contributed by atoms with Gasteiger partial charge in [0.25, 0.3) is 5.91 Å². The van der Waals surface area contributed by atoms with Crippen LogP contribution in [-0.4, -0.2) is 34.2 Å². The Morgan fingerprint density at radius 2 is 2.21 bits per heavy atom. The van der Waals surface area contributed by atoms with Crippen LogP contribution in [0.25, 0.3) is 0 Å². The Labute approximate surface area is 140 Å². The molecule has 2 heterocycles. The minimum absolute atomic E-state index is 0.0381. The topological polar surface area (TPSA) is 58.2 Å². The van der Waals surface area contributed by atoms with E-state index in [1.807, 2.05) is 20.8 Å². The molecule has 1 aliphatic heterocycles. The van der Waals surface area contributed by atoms with E-state index in [2.05, 4.69) is 10.2 Å². The van der Waals surface area contributed by atoms with Crippen LogP contribution in [-0.2, 0) is 17.7 Å². The van der Waals surface area contributed by atoms with E-state index in [9.17, 15) is 9.18 Å². The summed E-state index contributed by atoms with van der Waals surface area (Å²) in [6.45, 7) is 6.02. The molecule has 0 saturated heterocycles. The van der Waals surface area contributed by atoms with Crippen molar-refractivity contribution in [2.24, 2.45) is 0 Å². The quantitative estimate of drug-likeness (QED) is 0.940. The van der Waals surface area contributed by atoms with Crippen molar-refractivity contribution in [1.82, 2.24) is 15.1 Å². The van der Waals surface area contributed by atoms with Crippen molar-refractivity contribution in [2.45, 2.75) is 45.9 Å². The van der Waals surface area contributed by atoms with Crippen LogP contribution in [0.1, 0.15) is 52.8 Å². The van der Waals surface area contributed by atoms with Crippen LogP contribution in [0.2, 0.25) is 0 Å². The number of ether oxygens (including phenoxy) is 1. The predicted octanol–water partition coefficient (Wildman–Crippen LogP) is 3.15. The van der Waals surface area contributed by atoms with Gasteiger partial charge in [-0.05, 0) is 26.8 Å². The van der Waals surface area contributed by atoms with Crippen molar-refractivity contribution in [2.75, 3.05) is 7.05 Å². The highest BCUT2D eigenvalue weighted by Crippen LogP contribution is 2.30. The molecule has 0 radical (unpaired) electrons. The van der Waals surface area contributed by atoms with Gasteiger partial charge in [-0.25, -0.2) is 4.39 Å². The Morgan fingerprint density at radius 3 is 2.96 bits per heavy atom. The van der Waals surface area contributed by atoms with E-state index in [0.29, 0.717) is 17.7 Å². The summed E-state index contributed by atoms with van der Waals surface area (Å²) in [4.78, 5) is 14.3. The molecule has 6 heteroatoms. The molecule has 128 valence electrons. The molecule has 1 amide bonds. The number of hydrogen-bond acceptors (Lipinski definition) is 3. The second kappa shape index (κ2) is 6.36. The van der Waals surface area contributed by atoms with Crippen LogP contribution in [0.4, 0.5) is 4.39 Å². The minimum atomic E-state index is -0.306. The van der Waals surface area contributed by atoms with Crippen LogP contribution in [0.3, 0.4) is 0 Å². The smallest absolute Gasteiger partial charge is 0.274 e. The molecule has 3 rings (SSSR count). The number of aromatic nitrogens is 2. The molecule has 1 aromatic heterocycles. The molecule has 2 atom stereocenters. The number of hydrogen-bond donors (Lipinski definition) is 1. The Kier molecular flexibility index (Phi) is 4.41. The Balaban J connectivity index is 1.83. The standard InChI is InChI=1S/C18H22FN3O2/c1-10-5-6-15(19)13(7-10)9-22(4)18(23)17-14-8-11(2)24-12(3)16(14)20-21-17/h5-7,11-12H,8-9H2,1-4H3,(H,20,21)/t11-,12+/m1/s1. The fraction of sp³-hybridized carbons (Fsp3) is 0.444. The summed E-state index contributed by atoms with van der Waals surface area (Å²) in [5, 5.41) is 7.12. The second-order valence-electron chi connectivity index (χ2n) is 6.51. The van der Waals surface area contributed by atoms with E-state index in [1.165, 1.54) is 11.0 Å². The van der Waals surface area contributed by atoms with Gasteiger partial charge in [0.2, 0.25) is 0 Å². The Hall–Kier alpha value is -2.21. The van der Waals surface area contributed by atoms with Gasteiger partial charge in [-0.15, -0.1) is 0 Å². The average molecular weight is 331 g/mol. The number of carbonyl (C=O) groups is 1. The van der Waals surface area contributed by atoms with Crippen LogP contribution in [0.5, 0.6) is 0 Å². The molecule has 5 nitrogen and oxygen atoms in total. The SMILES string of the molecule is Cc1ccc(F)c(CN(C)C(=O)c2n[nH]c3c2C[C@@H](C)O[C@H]3C)c1. The molecule has 1 N–H and O–H groups in total. The van der Waals surface area contributed by atoms with Crippen molar-refractivity contribution in [1.29, 1.82) is 0 Å². The largest absolute Gasteiger partial charge is 0.369 e. The third-order valence-corrected chi connectivity index (χ3v) is 4.39. The van der Waals surface area contributed by atoms with Crippen molar-refractivity contribution >= 4 is 5.91 Å². The van der Waals surface area contributed by atoms with Crippen molar-refractivity contribution < 1.29 is 13.9 Å². The molecule has 1 aromatic carbocycles. The van der Waals surface area contributed by atoms with Gasteiger partial charge in [0.05, 0.1) is 17.9 Å². The lowest BCUT2D eigenvalue weighted by atomic mass is 9.99. The molecule has 0 fully saturated rings. The van der Waals surface area contributed by atoms with E-state index in [-0.39, 0.29) is 30.5 Å². The highest BCUT2D eigenvalue weighted by atomic mass is 19.1. The van der Waals surface area contributed by atoms with Gasteiger partial charge in [-0.1, -0.05) is 17.7 Å². The molecule has 0 saturated carbocycles. The summed E-state index contributed by atoms with van der Waals surface area (Å²) in [6, 6.07) is 4.91. The minimum Gasteiger partial charge on any atom is -0.369 e. The third-order valence-electron chi connectivity index (χ3n) is 4.39. The van der Waals surface area contributed by atoms with Gasteiger partial charge >= 0.3 is 0 Å². The fourth-order valence-electron chi connectivity index (χ4n) is 3.18. The number of halogens is 1. The monoisotopic (exact) mass is 331 g/mol. The van der Waals surface area contributed by atoms with E-state index in [0.717, 1.165) is 16.8 Å². The van der Waals surface area contributed by atoms with Crippen molar-refractivity contribution in [3.63, 3.8) is 0 Å². The summed E-state index contributed by atoms with van der Waals surface area (Å²) >= 11 is 0. The molecule has 0 aliphatic carbocycles. The van der Waals surface area contributed by atoms with Gasteiger partial charge in [-0.2, -0.15) is 5.10 Å². The number of fused-ring (bicyclic) bond motifs is 1. The van der Waals surface area contributed by atoms with Crippen LogP contribution in [0, 0.1) is 12.7 Å². The first-order valence-electron chi connectivity index (χ1n) is 8.10. The number of aryl methyl sites for hydroxylation is 1. The third kappa shape index (κ3) is 3.06. The lowest BCUT2D eigenvalue weighted by Gasteiger charge is -2.25. The zero-order valence-electron chi connectivity index (χ0n) is 14.4. The lowest BCUT2D eigenvalue weighted by molar-refractivity contribution is -0.00701. The van der Waals surface area contributed by atoms with Gasteiger partial charge < -0.3 is 9.64 Å². The number of carbonyl (C=O) groups excluding carboxylic acids is 1. The molecule has 0 spiro atoms. The zero-order valence-corrected chi connectivity index (χ0v) is 14.4. The van der Waals surface area contributed by atoms with E-state index < -0.39 is 0 Å². The molecule has 1 aliphatic rings. The van der Waals surface area contributed by atoms with Crippen LogP contribution >= 0.6 is 0 Å². The fourth-order valence-corrected chi connectivity index (χ4v) is 3.18. The first kappa shape index (κ1) is 16.6. The van der Waals surface area contributed by atoms with Crippen molar-refractivity contribution in [3.8, 4) is 0 Å². The number of aromatic amines is 1. The van der Waals surface area contributed by atoms with Gasteiger partial charge in [-0.3, -0.25) is 9.89 Å². The number of H-pyrrole nitrogens is 1. The van der Waals surface area contributed by atoms with E-state index in [1.54, 1.807) is 19.2 Å². The summed E-state index contributed by atoms with van der Waals surface area (Å²) < 4.78 is 19.7. The highest BCUT2D eigenvalue weighted by molar-refractivity contribution is 5.94. The summed E-state index contributed by atoms with van der Waals surface area (Å²) in [5.41, 5.74) is 3.63. The summed E-state index contributed by atoms with van der Waals surface area (Å²) in [7, 11) is 1.66. The van der Waals surface area contributed by atoms with Gasteiger partial charge in [0, 0.05) is 31.1 Å². The normalized spacial score (nSPS) is 19.9. The Bertz CT molecular complexity index is 772. The van der Waals surface area contributed by atoms with Crippen LogP contribution < -0.4 is 0 Å². The van der Waals surface area contributed by atoms with Crippen LogP contribution in [0.15, 0.2) is 18.2 Å². The maximum atomic E-state index is 13.9. The number of benzene rings is 1. The lowest BCUT2D eigenvalue weighted by Crippen LogP contribution is -2.29. The predicted molar refractivity (Wildman–Crippen MR) is 88.2 cm³/mol. The van der Waals surface area contributed by atoms with Crippen molar-refractivity contribution in [3.05, 3.63) is 52.1 Å². The first-order valence-corrected chi connectivity index (χ1v) is 8.10. The molecular weight excluding hydrogens is 309 g/mol. The summed E-state index contributed by atoms with van der Waals surface area (Å²) in [6.07, 6.45) is 0.567. The maximum absolute atomic E-state index is 13.9. The molecule has 0 bridgehead atoms. The first-order chi connectivity index (χ1) is 11.4. The van der Waals surface area contributed by atoms with E-state index in [4.69, 9.17) is 4.74 Å². The number of nitrogens with zero attached hydrogens (tertiary/aromatic N) is 2. The zero-order chi connectivity index (χ0) is 17.4. The Morgan fingerprint density at radius 1 is 1.46 bits per heavy atom.